The lowest BCUT2D eigenvalue weighted by molar-refractivity contribution is 0.131. The third-order valence-electron chi connectivity index (χ3n) is 3.68. The Kier molecular flexibility index (Phi) is 6.99. The molecule has 0 amide bonds. The van der Waals surface area contributed by atoms with Crippen LogP contribution in [0, 0.1) is 0 Å². The Morgan fingerprint density at radius 2 is 1.80 bits per heavy atom. The lowest BCUT2D eigenvalue weighted by Crippen LogP contribution is -2.44. The molecule has 0 heterocycles. The van der Waals surface area contributed by atoms with Gasteiger partial charge in [0.25, 0.3) is 0 Å². The minimum absolute atomic E-state index is 0.251. The summed E-state index contributed by atoms with van der Waals surface area (Å²) in [5.41, 5.74) is 7.28. The number of likely N-dealkylation sites (N-methyl/N-ethyl adjacent to an activating group) is 2. The van der Waals surface area contributed by atoms with Crippen molar-refractivity contribution in [2.75, 3.05) is 40.8 Å². The summed E-state index contributed by atoms with van der Waals surface area (Å²) in [4.78, 5) is 4.68. The predicted octanol–water partition coefficient (Wildman–Crippen LogP) is 1.97. The average molecular weight is 279 g/mol. The third kappa shape index (κ3) is 4.47. The van der Waals surface area contributed by atoms with Crippen LogP contribution in [-0.2, 0) is 0 Å². The zero-order chi connectivity index (χ0) is 15.1. The quantitative estimate of drug-likeness (QED) is 0.790. The van der Waals surface area contributed by atoms with Gasteiger partial charge in [0.2, 0.25) is 0 Å². The maximum atomic E-state index is 6.03. The molecule has 4 heteroatoms. The minimum Gasteiger partial charge on any atom is -0.497 e. The summed E-state index contributed by atoms with van der Waals surface area (Å²) < 4.78 is 5.22. The first kappa shape index (κ1) is 17.0. The van der Waals surface area contributed by atoms with Gasteiger partial charge in [-0.15, -0.1) is 0 Å². The van der Waals surface area contributed by atoms with Crippen LogP contribution in [0.15, 0.2) is 24.3 Å². The molecule has 2 atom stereocenters. The predicted molar refractivity (Wildman–Crippen MR) is 85.2 cm³/mol. The van der Waals surface area contributed by atoms with E-state index in [9.17, 15) is 0 Å². The summed E-state index contributed by atoms with van der Waals surface area (Å²) in [6.07, 6.45) is 0. The van der Waals surface area contributed by atoms with E-state index in [0.29, 0.717) is 12.6 Å². The number of nitrogens with zero attached hydrogens (tertiary/aromatic N) is 2. The summed E-state index contributed by atoms with van der Waals surface area (Å²) in [6, 6.07) is 8.94. The molecule has 0 aliphatic carbocycles. The smallest absolute Gasteiger partial charge is 0.118 e. The Morgan fingerprint density at radius 3 is 2.20 bits per heavy atom. The summed E-state index contributed by atoms with van der Waals surface area (Å²) >= 11 is 0. The molecule has 0 aliphatic heterocycles. The van der Waals surface area contributed by atoms with Crippen LogP contribution in [0.1, 0.15) is 25.5 Å². The molecule has 2 N–H and O–H groups in total. The monoisotopic (exact) mass is 279 g/mol. The van der Waals surface area contributed by atoms with Crippen molar-refractivity contribution in [2.24, 2.45) is 5.73 Å². The fraction of sp³-hybridized carbons (Fsp3) is 0.625. The summed E-state index contributed by atoms with van der Waals surface area (Å²) in [5.74, 6) is 0.883. The van der Waals surface area contributed by atoms with E-state index in [-0.39, 0.29) is 6.04 Å². The SMILES string of the molecule is CCN(C(C)CN(C)C)C(CN)c1ccc(OC)cc1. The molecule has 114 valence electrons. The minimum atomic E-state index is 0.251. The van der Waals surface area contributed by atoms with Gasteiger partial charge in [-0.2, -0.15) is 0 Å². The van der Waals surface area contributed by atoms with Crippen molar-refractivity contribution in [3.63, 3.8) is 0 Å². The Balaban J connectivity index is 2.89. The Morgan fingerprint density at radius 1 is 1.20 bits per heavy atom. The molecule has 1 aromatic rings. The zero-order valence-electron chi connectivity index (χ0n) is 13.5. The van der Waals surface area contributed by atoms with E-state index >= 15 is 0 Å². The fourth-order valence-corrected chi connectivity index (χ4v) is 2.76. The summed E-state index contributed by atoms with van der Waals surface area (Å²) in [7, 11) is 5.90. The number of rotatable bonds is 8. The summed E-state index contributed by atoms with van der Waals surface area (Å²) in [5, 5.41) is 0. The van der Waals surface area contributed by atoms with Gasteiger partial charge in [-0.1, -0.05) is 19.1 Å². The highest BCUT2D eigenvalue weighted by atomic mass is 16.5. The van der Waals surface area contributed by atoms with E-state index in [4.69, 9.17) is 10.5 Å². The molecule has 1 aromatic carbocycles. The second-order valence-corrected chi connectivity index (χ2v) is 5.47. The standard InChI is InChI=1S/C16H29N3O/c1-6-19(13(2)12-18(3)4)16(11-17)14-7-9-15(20-5)10-8-14/h7-10,13,16H,6,11-12,17H2,1-5H3. The van der Waals surface area contributed by atoms with Gasteiger partial charge >= 0.3 is 0 Å². The van der Waals surface area contributed by atoms with Crippen LogP contribution in [-0.4, -0.2) is 56.7 Å². The van der Waals surface area contributed by atoms with Gasteiger partial charge in [0.05, 0.1) is 7.11 Å². The lowest BCUT2D eigenvalue weighted by Gasteiger charge is -2.36. The molecule has 2 unspecified atom stereocenters. The molecular formula is C16H29N3O. The van der Waals surface area contributed by atoms with Gasteiger partial charge in [-0.25, -0.2) is 0 Å². The van der Waals surface area contributed by atoms with E-state index in [0.717, 1.165) is 18.8 Å². The first-order valence-electron chi connectivity index (χ1n) is 7.27. The highest BCUT2D eigenvalue weighted by molar-refractivity contribution is 5.29. The topological polar surface area (TPSA) is 41.7 Å². The van der Waals surface area contributed by atoms with Crippen LogP contribution in [0.3, 0.4) is 0 Å². The van der Waals surface area contributed by atoms with E-state index in [1.165, 1.54) is 5.56 Å². The molecule has 1 rings (SSSR count). The number of hydrogen-bond donors (Lipinski definition) is 1. The van der Waals surface area contributed by atoms with Crippen molar-refractivity contribution in [3.8, 4) is 5.75 Å². The Hall–Kier alpha value is -1.10. The van der Waals surface area contributed by atoms with Crippen LogP contribution in [0.4, 0.5) is 0 Å². The maximum absolute atomic E-state index is 6.03. The number of methoxy groups -OCH3 is 1. The van der Waals surface area contributed by atoms with Crippen molar-refractivity contribution in [2.45, 2.75) is 25.9 Å². The van der Waals surface area contributed by atoms with Crippen LogP contribution < -0.4 is 10.5 Å². The molecule has 0 fully saturated rings. The number of ether oxygens (including phenoxy) is 1. The van der Waals surface area contributed by atoms with Crippen molar-refractivity contribution in [1.82, 2.24) is 9.80 Å². The van der Waals surface area contributed by atoms with Crippen LogP contribution in [0.25, 0.3) is 0 Å². The maximum Gasteiger partial charge on any atom is 0.118 e. The van der Waals surface area contributed by atoms with Crippen molar-refractivity contribution in [1.29, 1.82) is 0 Å². The first-order chi connectivity index (χ1) is 9.53. The molecule has 4 nitrogen and oxygen atoms in total. The highest BCUT2D eigenvalue weighted by Gasteiger charge is 2.22. The van der Waals surface area contributed by atoms with Crippen LogP contribution in [0.5, 0.6) is 5.75 Å². The van der Waals surface area contributed by atoms with E-state index in [1.54, 1.807) is 7.11 Å². The van der Waals surface area contributed by atoms with Gasteiger partial charge in [0, 0.05) is 25.2 Å². The van der Waals surface area contributed by atoms with Crippen molar-refractivity contribution in [3.05, 3.63) is 29.8 Å². The number of benzene rings is 1. The number of hydrogen-bond acceptors (Lipinski definition) is 4. The largest absolute Gasteiger partial charge is 0.497 e. The molecule has 0 bridgehead atoms. The molecule has 0 saturated carbocycles. The van der Waals surface area contributed by atoms with E-state index in [2.05, 4.69) is 49.9 Å². The van der Waals surface area contributed by atoms with Crippen molar-refractivity contribution >= 4 is 0 Å². The molecule has 0 aliphatic rings. The third-order valence-corrected chi connectivity index (χ3v) is 3.68. The first-order valence-corrected chi connectivity index (χ1v) is 7.27. The van der Waals surface area contributed by atoms with E-state index in [1.807, 2.05) is 12.1 Å². The Bertz CT molecular complexity index is 378. The second kappa shape index (κ2) is 8.25. The molecule has 0 spiro atoms. The van der Waals surface area contributed by atoms with Gasteiger partial charge in [-0.05, 0) is 45.3 Å². The Labute approximate surface area is 123 Å². The van der Waals surface area contributed by atoms with Crippen LogP contribution >= 0.6 is 0 Å². The molecule has 20 heavy (non-hydrogen) atoms. The molecule has 0 radical (unpaired) electrons. The fourth-order valence-electron chi connectivity index (χ4n) is 2.76. The zero-order valence-corrected chi connectivity index (χ0v) is 13.5. The number of nitrogens with two attached hydrogens (primary N) is 1. The van der Waals surface area contributed by atoms with Crippen LogP contribution in [0.2, 0.25) is 0 Å². The van der Waals surface area contributed by atoms with Crippen molar-refractivity contribution < 1.29 is 4.74 Å². The normalized spacial score (nSPS) is 14.6. The molecule has 0 aromatic heterocycles. The molecule has 0 saturated heterocycles. The van der Waals surface area contributed by atoms with Gasteiger partial charge in [-0.3, -0.25) is 4.90 Å². The lowest BCUT2D eigenvalue weighted by atomic mass is 10.0. The second-order valence-electron chi connectivity index (χ2n) is 5.47. The van der Waals surface area contributed by atoms with Gasteiger partial charge < -0.3 is 15.4 Å². The summed E-state index contributed by atoms with van der Waals surface area (Å²) in [6.45, 7) is 7.09. The highest BCUT2D eigenvalue weighted by Crippen LogP contribution is 2.24. The van der Waals surface area contributed by atoms with E-state index < -0.39 is 0 Å². The van der Waals surface area contributed by atoms with Gasteiger partial charge in [0.1, 0.15) is 5.75 Å². The average Bonchev–Trinajstić information content (AvgIpc) is 2.43. The molecular weight excluding hydrogens is 250 g/mol. The van der Waals surface area contributed by atoms with Gasteiger partial charge in [0.15, 0.2) is 0 Å².